The Labute approximate surface area is 153 Å². The van der Waals surface area contributed by atoms with Crippen molar-refractivity contribution < 1.29 is 14.3 Å². The van der Waals surface area contributed by atoms with E-state index in [-0.39, 0.29) is 24.3 Å². The third-order valence-electron chi connectivity index (χ3n) is 4.49. The summed E-state index contributed by atoms with van der Waals surface area (Å²) >= 11 is 0. The first kappa shape index (κ1) is 17.9. The van der Waals surface area contributed by atoms with Crippen LogP contribution in [-0.4, -0.2) is 41.4 Å². The van der Waals surface area contributed by atoms with Crippen molar-refractivity contribution in [2.75, 3.05) is 19.7 Å². The van der Waals surface area contributed by atoms with Gasteiger partial charge >= 0.3 is 0 Å². The lowest BCUT2D eigenvalue weighted by Gasteiger charge is -2.31. The predicted octanol–water partition coefficient (Wildman–Crippen LogP) is 2.02. The number of piperidine rings is 1. The van der Waals surface area contributed by atoms with Gasteiger partial charge in [0.1, 0.15) is 5.75 Å². The summed E-state index contributed by atoms with van der Waals surface area (Å²) in [4.78, 5) is 30.5. The third kappa shape index (κ3) is 5.05. The minimum Gasteiger partial charge on any atom is -0.484 e. The van der Waals surface area contributed by atoms with Crippen LogP contribution in [0.4, 0.5) is 0 Å². The van der Waals surface area contributed by atoms with E-state index in [2.05, 4.69) is 10.3 Å². The Morgan fingerprint density at radius 2 is 1.81 bits per heavy atom. The van der Waals surface area contributed by atoms with E-state index >= 15 is 0 Å². The largest absolute Gasteiger partial charge is 0.484 e. The van der Waals surface area contributed by atoms with Gasteiger partial charge < -0.3 is 15.0 Å². The van der Waals surface area contributed by atoms with Gasteiger partial charge in [-0.3, -0.25) is 14.6 Å². The molecule has 1 fully saturated rings. The minimum absolute atomic E-state index is 0.0283. The second-order valence-corrected chi connectivity index (χ2v) is 6.30. The average Bonchev–Trinajstić information content (AvgIpc) is 2.72. The number of hydrogen-bond acceptors (Lipinski definition) is 4. The molecule has 2 aromatic rings. The van der Waals surface area contributed by atoms with Crippen LogP contribution in [0.3, 0.4) is 0 Å². The predicted molar refractivity (Wildman–Crippen MR) is 97.3 cm³/mol. The molecule has 1 aliphatic heterocycles. The van der Waals surface area contributed by atoms with E-state index < -0.39 is 0 Å². The standard InChI is InChI=1S/C20H23N3O3/c24-19(15-26-18-7-2-1-3-8-18)23-12-9-16(10-13-23)20(25)22-14-17-6-4-5-11-21-17/h1-8,11,16H,9-10,12-15H2,(H,22,25). The van der Waals surface area contributed by atoms with Gasteiger partial charge in [0.15, 0.2) is 6.61 Å². The number of benzene rings is 1. The van der Waals surface area contributed by atoms with Gasteiger partial charge in [-0.25, -0.2) is 0 Å². The molecule has 1 aliphatic rings. The molecule has 136 valence electrons. The van der Waals surface area contributed by atoms with Gasteiger partial charge in [0, 0.05) is 25.2 Å². The first-order chi connectivity index (χ1) is 12.7. The topological polar surface area (TPSA) is 71.5 Å². The smallest absolute Gasteiger partial charge is 0.260 e. The van der Waals surface area contributed by atoms with Crippen LogP contribution in [0.25, 0.3) is 0 Å². The fourth-order valence-electron chi connectivity index (χ4n) is 2.97. The van der Waals surface area contributed by atoms with Crippen molar-refractivity contribution in [2.24, 2.45) is 5.92 Å². The van der Waals surface area contributed by atoms with Gasteiger partial charge in [-0.1, -0.05) is 24.3 Å². The number of pyridine rings is 1. The van der Waals surface area contributed by atoms with Crippen molar-refractivity contribution in [3.05, 3.63) is 60.4 Å². The summed E-state index contributed by atoms with van der Waals surface area (Å²) in [5.74, 6) is 0.618. The zero-order chi connectivity index (χ0) is 18.2. The van der Waals surface area contributed by atoms with Gasteiger partial charge in [0.05, 0.1) is 12.2 Å². The van der Waals surface area contributed by atoms with Crippen LogP contribution in [-0.2, 0) is 16.1 Å². The number of ether oxygens (including phenoxy) is 1. The van der Waals surface area contributed by atoms with Crippen LogP contribution < -0.4 is 10.1 Å². The molecule has 3 rings (SSSR count). The molecule has 2 amide bonds. The number of hydrogen-bond donors (Lipinski definition) is 1. The van der Waals surface area contributed by atoms with E-state index in [0.29, 0.717) is 38.2 Å². The monoisotopic (exact) mass is 353 g/mol. The number of carbonyl (C=O) groups excluding carboxylic acids is 2. The Bertz CT molecular complexity index is 650. The first-order valence-corrected chi connectivity index (χ1v) is 8.85. The van der Waals surface area contributed by atoms with E-state index in [9.17, 15) is 9.59 Å². The van der Waals surface area contributed by atoms with E-state index in [0.717, 1.165) is 5.69 Å². The Balaban J connectivity index is 1.39. The van der Waals surface area contributed by atoms with Crippen LogP contribution in [0.5, 0.6) is 5.75 Å². The molecular weight excluding hydrogens is 330 g/mol. The lowest BCUT2D eigenvalue weighted by Crippen LogP contribution is -2.44. The molecule has 0 spiro atoms. The van der Waals surface area contributed by atoms with Gasteiger partial charge in [-0.2, -0.15) is 0 Å². The molecule has 1 N–H and O–H groups in total. The molecule has 0 atom stereocenters. The lowest BCUT2D eigenvalue weighted by molar-refractivity contribution is -0.137. The number of rotatable bonds is 6. The Morgan fingerprint density at radius 3 is 2.50 bits per heavy atom. The Kier molecular flexibility index (Phi) is 6.19. The zero-order valence-corrected chi connectivity index (χ0v) is 14.6. The number of nitrogens with zero attached hydrogens (tertiary/aromatic N) is 2. The normalized spacial score (nSPS) is 14.7. The molecular formula is C20H23N3O3. The summed E-state index contributed by atoms with van der Waals surface area (Å²) in [5, 5.41) is 2.93. The quantitative estimate of drug-likeness (QED) is 0.862. The third-order valence-corrected chi connectivity index (χ3v) is 4.49. The molecule has 0 unspecified atom stereocenters. The van der Waals surface area contributed by atoms with E-state index in [1.165, 1.54) is 0 Å². The van der Waals surface area contributed by atoms with Crippen LogP contribution in [0.2, 0.25) is 0 Å². The minimum atomic E-state index is -0.0576. The first-order valence-electron chi connectivity index (χ1n) is 8.85. The second kappa shape index (κ2) is 8.99. The maximum absolute atomic E-state index is 12.3. The highest BCUT2D eigenvalue weighted by atomic mass is 16.5. The highest BCUT2D eigenvalue weighted by Gasteiger charge is 2.27. The number of likely N-dealkylation sites (tertiary alicyclic amines) is 1. The van der Waals surface area contributed by atoms with Gasteiger partial charge in [-0.15, -0.1) is 0 Å². The van der Waals surface area contributed by atoms with Gasteiger partial charge in [0.2, 0.25) is 5.91 Å². The van der Waals surface area contributed by atoms with Gasteiger partial charge in [-0.05, 0) is 37.1 Å². The van der Waals surface area contributed by atoms with Crippen LogP contribution >= 0.6 is 0 Å². The van der Waals surface area contributed by atoms with E-state index in [1.807, 2.05) is 48.5 Å². The Morgan fingerprint density at radius 1 is 1.08 bits per heavy atom. The summed E-state index contributed by atoms with van der Waals surface area (Å²) in [5.41, 5.74) is 0.839. The molecule has 6 nitrogen and oxygen atoms in total. The molecule has 1 aromatic heterocycles. The van der Waals surface area contributed by atoms with Crippen molar-refractivity contribution >= 4 is 11.8 Å². The molecule has 1 saturated heterocycles. The molecule has 0 aliphatic carbocycles. The lowest BCUT2D eigenvalue weighted by atomic mass is 9.96. The Hall–Kier alpha value is -2.89. The van der Waals surface area contributed by atoms with Crippen LogP contribution in [0.1, 0.15) is 18.5 Å². The van der Waals surface area contributed by atoms with Crippen molar-refractivity contribution in [2.45, 2.75) is 19.4 Å². The zero-order valence-electron chi connectivity index (χ0n) is 14.6. The summed E-state index contributed by atoms with van der Waals surface area (Å²) in [6, 6.07) is 14.9. The average molecular weight is 353 g/mol. The van der Waals surface area contributed by atoms with Crippen molar-refractivity contribution in [3.63, 3.8) is 0 Å². The van der Waals surface area contributed by atoms with Crippen molar-refractivity contribution in [3.8, 4) is 5.75 Å². The summed E-state index contributed by atoms with van der Waals surface area (Å²) in [6.07, 6.45) is 3.05. The van der Waals surface area contributed by atoms with E-state index in [4.69, 9.17) is 4.74 Å². The van der Waals surface area contributed by atoms with E-state index in [1.54, 1.807) is 11.1 Å². The molecule has 0 bridgehead atoms. The number of nitrogens with one attached hydrogen (secondary N) is 1. The highest BCUT2D eigenvalue weighted by molar-refractivity contribution is 5.80. The maximum atomic E-state index is 12.3. The molecule has 0 saturated carbocycles. The number of amides is 2. The fourth-order valence-corrected chi connectivity index (χ4v) is 2.97. The fraction of sp³-hybridized carbons (Fsp3) is 0.350. The maximum Gasteiger partial charge on any atom is 0.260 e. The number of aromatic nitrogens is 1. The molecule has 2 heterocycles. The molecule has 0 radical (unpaired) electrons. The summed E-state index contributed by atoms with van der Waals surface area (Å²) < 4.78 is 5.51. The molecule has 26 heavy (non-hydrogen) atoms. The highest BCUT2D eigenvalue weighted by Crippen LogP contribution is 2.18. The van der Waals surface area contributed by atoms with Crippen LogP contribution in [0.15, 0.2) is 54.7 Å². The van der Waals surface area contributed by atoms with Crippen molar-refractivity contribution in [1.82, 2.24) is 15.2 Å². The molecule has 6 heteroatoms. The molecule has 1 aromatic carbocycles. The number of para-hydroxylation sites is 1. The van der Waals surface area contributed by atoms with Crippen LogP contribution in [0, 0.1) is 5.92 Å². The van der Waals surface area contributed by atoms with Crippen molar-refractivity contribution in [1.29, 1.82) is 0 Å². The second-order valence-electron chi connectivity index (χ2n) is 6.30. The number of carbonyl (C=O) groups is 2. The summed E-state index contributed by atoms with van der Waals surface area (Å²) in [7, 11) is 0. The summed E-state index contributed by atoms with van der Waals surface area (Å²) in [6.45, 7) is 1.63. The SMILES string of the molecule is O=C(NCc1ccccn1)C1CCN(C(=O)COc2ccccc2)CC1. The van der Waals surface area contributed by atoms with Gasteiger partial charge in [0.25, 0.3) is 5.91 Å².